The third-order valence-corrected chi connectivity index (χ3v) is 4.28. The summed E-state index contributed by atoms with van der Waals surface area (Å²) in [6.07, 6.45) is 7.62. The van der Waals surface area contributed by atoms with Gasteiger partial charge in [0.1, 0.15) is 5.76 Å². The van der Waals surface area contributed by atoms with E-state index in [1.807, 2.05) is 13.0 Å². The van der Waals surface area contributed by atoms with E-state index in [1.54, 1.807) is 6.26 Å². The van der Waals surface area contributed by atoms with Crippen LogP contribution in [-0.2, 0) is 0 Å². The molecule has 1 saturated carbocycles. The maximum atomic E-state index is 5.55. The fourth-order valence-corrected chi connectivity index (χ4v) is 3.11. The van der Waals surface area contributed by atoms with E-state index in [0.717, 1.165) is 36.6 Å². The molecule has 1 fully saturated rings. The van der Waals surface area contributed by atoms with Crippen LogP contribution in [0.5, 0.6) is 0 Å². The van der Waals surface area contributed by atoms with Gasteiger partial charge in [0.15, 0.2) is 0 Å². The highest BCUT2D eigenvalue weighted by Crippen LogP contribution is 2.33. The largest absolute Gasteiger partial charge is 0.469 e. The van der Waals surface area contributed by atoms with Gasteiger partial charge in [-0.05, 0) is 38.8 Å². The Labute approximate surface area is 125 Å². The van der Waals surface area contributed by atoms with Crippen LogP contribution >= 0.6 is 0 Å². The topological polar surface area (TPSA) is 64.1 Å². The molecule has 1 aliphatic rings. The Kier molecular flexibility index (Phi) is 4.39. The first-order chi connectivity index (χ1) is 10.3. The summed E-state index contributed by atoms with van der Waals surface area (Å²) in [7, 11) is 0. The highest BCUT2D eigenvalue weighted by Gasteiger charge is 2.30. The number of nitrogens with zero attached hydrogens (tertiary/aromatic N) is 2. The molecule has 0 amide bonds. The third-order valence-electron chi connectivity index (χ3n) is 4.28. The van der Waals surface area contributed by atoms with Crippen LogP contribution in [0.25, 0.3) is 11.4 Å². The van der Waals surface area contributed by atoms with E-state index in [4.69, 9.17) is 8.94 Å². The van der Waals surface area contributed by atoms with Crippen molar-refractivity contribution in [2.75, 3.05) is 6.54 Å². The van der Waals surface area contributed by atoms with Gasteiger partial charge in [-0.3, -0.25) is 0 Å². The Morgan fingerprint density at radius 1 is 1.33 bits per heavy atom. The van der Waals surface area contributed by atoms with Crippen LogP contribution in [0.2, 0.25) is 0 Å². The molecule has 2 unspecified atom stereocenters. The minimum atomic E-state index is 0.332. The van der Waals surface area contributed by atoms with E-state index in [2.05, 4.69) is 22.4 Å². The first-order valence-electron chi connectivity index (χ1n) is 7.91. The second-order valence-electron chi connectivity index (χ2n) is 5.80. The fourth-order valence-electron chi connectivity index (χ4n) is 3.11. The van der Waals surface area contributed by atoms with Crippen molar-refractivity contribution in [2.45, 2.75) is 57.9 Å². The lowest BCUT2D eigenvalue weighted by atomic mass is 9.84. The van der Waals surface area contributed by atoms with Crippen molar-refractivity contribution in [1.29, 1.82) is 0 Å². The zero-order valence-electron chi connectivity index (χ0n) is 12.8. The van der Waals surface area contributed by atoms with Gasteiger partial charge in [0, 0.05) is 6.04 Å². The van der Waals surface area contributed by atoms with Crippen molar-refractivity contribution < 1.29 is 8.94 Å². The van der Waals surface area contributed by atoms with E-state index in [9.17, 15) is 0 Å². The smallest absolute Gasteiger partial charge is 0.231 e. The molecule has 114 valence electrons. The van der Waals surface area contributed by atoms with Crippen LogP contribution < -0.4 is 5.32 Å². The summed E-state index contributed by atoms with van der Waals surface area (Å²) in [5.74, 6) is 2.56. The first kappa shape index (κ1) is 14.3. The zero-order chi connectivity index (χ0) is 14.7. The molecule has 0 saturated heterocycles. The number of hydrogen-bond donors (Lipinski definition) is 1. The number of nitrogens with one attached hydrogen (secondary N) is 1. The molecule has 1 aliphatic carbocycles. The van der Waals surface area contributed by atoms with Crippen LogP contribution in [0, 0.1) is 6.92 Å². The monoisotopic (exact) mass is 289 g/mol. The van der Waals surface area contributed by atoms with Gasteiger partial charge < -0.3 is 14.3 Å². The van der Waals surface area contributed by atoms with E-state index in [-0.39, 0.29) is 0 Å². The lowest BCUT2D eigenvalue weighted by molar-refractivity contribution is 0.263. The van der Waals surface area contributed by atoms with Gasteiger partial charge in [-0.15, -0.1) is 0 Å². The summed E-state index contributed by atoms with van der Waals surface area (Å²) in [6.45, 7) is 5.15. The standard InChI is InChI=1S/C16H23N3O2/c1-3-9-17-14-7-5-4-6-13(14)16-18-15(19-21-16)12-8-10-20-11(12)2/h8,10,13-14,17H,3-7,9H2,1-2H3. The molecule has 0 radical (unpaired) electrons. The predicted molar refractivity (Wildman–Crippen MR) is 80.0 cm³/mol. The second kappa shape index (κ2) is 6.43. The predicted octanol–water partition coefficient (Wildman–Crippen LogP) is 3.66. The lowest BCUT2D eigenvalue weighted by Crippen LogP contribution is -2.37. The summed E-state index contributed by atoms with van der Waals surface area (Å²) in [4.78, 5) is 4.62. The maximum absolute atomic E-state index is 5.55. The normalized spacial score (nSPS) is 22.6. The molecule has 1 N–H and O–H groups in total. The fraction of sp³-hybridized carbons (Fsp3) is 0.625. The van der Waals surface area contributed by atoms with Gasteiger partial charge in [0.25, 0.3) is 0 Å². The summed E-state index contributed by atoms with van der Waals surface area (Å²) in [6, 6.07) is 2.34. The number of rotatable bonds is 5. The average Bonchev–Trinajstić information content (AvgIpc) is 3.14. The molecule has 3 rings (SSSR count). The molecular weight excluding hydrogens is 266 g/mol. The van der Waals surface area contributed by atoms with Crippen molar-refractivity contribution in [3.63, 3.8) is 0 Å². The Morgan fingerprint density at radius 3 is 2.95 bits per heavy atom. The van der Waals surface area contributed by atoms with Crippen molar-refractivity contribution >= 4 is 0 Å². The van der Waals surface area contributed by atoms with E-state index >= 15 is 0 Å². The molecular formula is C16H23N3O2. The molecule has 2 atom stereocenters. The van der Waals surface area contributed by atoms with E-state index in [0.29, 0.717) is 17.8 Å². The maximum Gasteiger partial charge on any atom is 0.231 e. The van der Waals surface area contributed by atoms with Gasteiger partial charge in [0.2, 0.25) is 11.7 Å². The quantitative estimate of drug-likeness (QED) is 0.910. The number of aromatic nitrogens is 2. The van der Waals surface area contributed by atoms with E-state index in [1.165, 1.54) is 19.3 Å². The minimum absolute atomic E-state index is 0.332. The van der Waals surface area contributed by atoms with Gasteiger partial charge in [-0.25, -0.2) is 0 Å². The molecule has 2 heterocycles. The van der Waals surface area contributed by atoms with Crippen molar-refractivity contribution in [1.82, 2.24) is 15.5 Å². The van der Waals surface area contributed by atoms with Gasteiger partial charge in [-0.1, -0.05) is 24.9 Å². The van der Waals surface area contributed by atoms with Crippen LogP contribution in [0.15, 0.2) is 21.3 Å². The van der Waals surface area contributed by atoms with Crippen LogP contribution in [-0.4, -0.2) is 22.7 Å². The minimum Gasteiger partial charge on any atom is -0.469 e. The highest BCUT2D eigenvalue weighted by molar-refractivity contribution is 5.56. The Morgan fingerprint density at radius 2 is 2.19 bits per heavy atom. The Bertz CT molecular complexity index is 576. The molecule has 21 heavy (non-hydrogen) atoms. The van der Waals surface area contributed by atoms with Gasteiger partial charge >= 0.3 is 0 Å². The molecule has 5 nitrogen and oxygen atoms in total. The molecule has 2 aromatic rings. The molecule has 5 heteroatoms. The molecule has 0 bridgehead atoms. The van der Waals surface area contributed by atoms with Crippen molar-refractivity contribution in [2.24, 2.45) is 0 Å². The molecule has 0 aromatic carbocycles. The van der Waals surface area contributed by atoms with Crippen LogP contribution in [0.1, 0.15) is 56.6 Å². The number of furan rings is 1. The van der Waals surface area contributed by atoms with Gasteiger partial charge in [0.05, 0.1) is 17.7 Å². The second-order valence-corrected chi connectivity index (χ2v) is 5.80. The van der Waals surface area contributed by atoms with Crippen molar-refractivity contribution in [3.05, 3.63) is 24.0 Å². The molecule has 0 aliphatic heterocycles. The van der Waals surface area contributed by atoms with E-state index < -0.39 is 0 Å². The van der Waals surface area contributed by atoms with Crippen LogP contribution in [0.4, 0.5) is 0 Å². The number of hydrogen-bond acceptors (Lipinski definition) is 5. The highest BCUT2D eigenvalue weighted by atomic mass is 16.5. The lowest BCUT2D eigenvalue weighted by Gasteiger charge is -2.29. The number of aryl methyl sites for hydroxylation is 1. The van der Waals surface area contributed by atoms with Crippen molar-refractivity contribution in [3.8, 4) is 11.4 Å². The molecule has 0 spiro atoms. The third kappa shape index (κ3) is 3.02. The Hall–Kier alpha value is -1.62. The zero-order valence-corrected chi connectivity index (χ0v) is 12.8. The van der Waals surface area contributed by atoms with Crippen LogP contribution in [0.3, 0.4) is 0 Å². The average molecular weight is 289 g/mol. The summed E-state index contributed by atoms with van der Waals surface area (Å²) in [5, 5.41) is 7.76. The Balaban J connectivity index is 1.79. The SMILES string of the molecule is CCCNC1CCCCC1c1nc(-c2ccoc2C)no1. The van der Waals surface area contributed by atoms with Gasteiger partial charge in [-0.2, -0.15) is 4.98 Å². The summed E-state index contributed by atoms with van der Waals surface area (Å²) in [5.41, 5.74) is 0.916. The summed E-state index contributed by atoms with van der Waals surface area (Å²) >= 11 is 0. The molecule has 2 aromatic heterocycles. The first-order valence-corrected chi connectivity index (χ1v) is 7.91. The summed E-state index contributed by atoms with van der Waals surface area (Å²) < 4.78 is 10.9.